The van der Waals surface area contributed by atoms with Crippen LogP contribution >= 0.6 is 11.3 Å². The highest BCUT2D eigenvalue weighted by Gasteiger charge is 2.24. The molecule has 1 aromatic heterocycles. The maximum atomic E-state index is 3.62. The monoisotopic (exact) mass is 225 g/mol. The molecule has 0 fully saturated rings. The molecular weight excluding hydrogens is 202 g/mol. The third kappa shape index (κ3) is 5.33. The van der Waals surface area contributed by atoms with Gasteiger partial charge in [0.05, 0.1) is 0 Å². The topological polar surface area (TPSA) is 12.0 Å². The van der Waals surface area contributed by atoms with Gasteiger partial charge in [-0.3, -0.25) is 0 Å². The maximum Gasteiger partial charge on any atom is 0.0218 e. The Kier molecular flexibility index (Phi) is 3.96. The highest BCUT2D eigenvalue weighted by Crippen LogP contribution is 2.27. The van der Waals surface area contributed by atoms with E-state index in [-0.39, 0.29) is 5.54 Å². The molecule has 1 heterocycles. The lowest BCUT2D eigenvalue weighted by atomic mass is 9.82. The van der Waals surface area contributed by atoms with Crippen LogP contribution in [0.2, 0.25) is 0 Å². The van der Waals surface area contributed by atoms with E-state index < -0.39 is 0 Å². The SMILES string of the molecule is CC(C)(C)CC(C)(C)NCc1ccsc1. The van der Waals surface area contributed by atoms with Gasteiger partial charge in [0.2, 0.25) is 0 Å². The molecule has 1 rings (SSSR count). The van der Waals surface area contributed by atoms with E-state index in [2.05, 4.69) is 56.8 Å². The van der Waals surface area contributed by atoms with Crippen molar-refractivity contribution in [1.29, 1.82) is 0 Å². The molecule has 0 aliphatic rings. The van der Waals surface area contributed by atoms with Gasteiger partial charge >= 0.3 is 0 Å². The molecule has 0 aromatic carbocycles. The summed E-state index contributed by atoms with van der Waals surface area (Å²) in [6, 6.07) is 2.19. The predicted octanol–water partition coefficient (Wildman–Crippen LogP) is 4.05. The molecule has 1 aromatic rings. The Morgan fingerprint density at radius 3 is 2.33 bits per heavy atom. The third-order valence-corrected chi connectivity index (χ3v) is 3.06. The van der Waals surface area contributed by atoms with Crippen molar-refractivity contribution in [3.63, 3.8) is 0 Å². The molecule has 0 saturated heterocycles. The molecule has 1 nitrogen and oxygen atoms in total. The van der Waals surface area contributed by atoms with E-state index in [9.17, 15) is 0 Å². The van der Waals surface area contributed by atoms with Gasteiger partial charge in [0.25, 0.3) is 0 Å². The number of nitrogens with one attached hydrogen (secondary N) is 1. The van der Waals surface area contributed by atoms with Gasteiger partial charge in [-0.05, 0) is 48.1 Å². The van der Waals surface area contributed by atoms with Crippen molar-refractivity contribution in [1.82, 2.24) is 5.32 Å². The Morgan fingerprint density at radius 1 is 1.20 bits per heavy atom. The van der Waals surface area contributed by atoms with Crippen LogP contribution in [0.5, 0.6) is 0 Å². The molecule has 0 amide bonds. The molecule has 15 heavy (non-hydrogen) atoms. The normalized spacial score (nSPS) is 13.1. The summed E-state index contributed by atoms with van der Waals surface area (Å²) in [5, 5.41) is 7.97. The van der Waals surface area contributed by atoms with Crippen LogP contribution in [0.25, 0.3) is 0 Å². The first-order valence-corrected chi connectivity index (χ1v) is 6.49. The van der Waals surface area contributed by atoms with E-state index in [0.29, 0.717) is 5.41 Å². The first kappa shape index (κ1) is 12.7. The van der Waals surface area contributed by atoms with E-state index in [1.165, 1.54) is 12.0 Å². The molecule has 0 bridgehead atoms. The van der Waals surface area contributed by atoms with E-state index in [4.69, 9.17) is 0 Å². The minimum absolute atomic E-state index is 0.209. The number of thiophene rings is 1. The predicted molar refractivity (Wildman–Crippen MR) is 69.3 cm³/mol. The van der Waals surface area contributed by atoms with Crippen molar-refractivity contribution in [3.05, 3.63) is 22.4 Å². The summed E-state index contributed by atoms with van der Waals surface area (Å²) in [6.07, 6.45) is 1.18. The highest BCUT2D eigenvalue weighted by molar-refractivity contribution is 7.07. The van der Waals surface area contributed by atoms with Crippen molar-refractivity contribution in [2.45, 2.75) is 53.1 Å². The van der Waals surface area contributed by atoms with Gasteiger partial charge in [-0.2, -0.15) is 11.3 Å². The van der Waals surface area contributed by atoms with E-state index >= 15 is 0 Å². The summed E-state index contributed by atoms with van der Waals surface area (Å²) in [5.74, 6) is 0. The first-order valence-electron chi connectivity index (χ1n) is 5.55. The van der Waals surface area contributed by atoms with Gasteiger partial charge in [-0.15, -0.1) is 0 Å². The van der Waals surface area contributed by atoms with Crippen LogP contribution < -0.4 is 5.32 Å². The van der Waals surface area contributed by atoms with Crippen molar-refractivity contribution in [2.75, 3.05) is 0 Å². The van der Waals surface area contributed by atoms with E-state index in [0.717, 1.165) is 6.54 Å². The molecule has 86 valence electrons. The molecule has 0 saturated carbocycles. The molecule has 0 spiro atoms. The van der Waals surface area contributed by atoms with Gasteiger partial charge in [0.15, 0.2) is 0 Å². The van der Waals surface area contributed by atoms with Crippen LogP contribution in [0.3, 0.4) is 0 Å². The minimum atomic E-state index is 0.209. The second-order valence-electron chi connectivity index (χ2n) is 6.11. The Bertz CT molecular complexity index is 280. The fraction of sp³-hybridized carbons (Fsp3) is 0.692. The standard InChI is InChI=1S/C13H23NS/c1-12(2,3)10-13(4,5)14-8-11-6-7-15-9-11/h6-7,9,14H,8,10H2,1-5H3. The van der Waals surface area contributed by atoms with Gasteiger partial charge in [0.1, 0.15) is 0 Å². The molecule has 0 atom stereocenters. The zero-order valence-electron chi connectivity index (χ0n) is 10.6. The van der Waals surface area contributed by atoms with Gasteiger partial charge in [-0.25, -0.2) is 0 Å². The fourth-order valence-electron chi connectivity index (χ4n) is 2.12. The smallest absolute Gasteiger partial charge is 0.0218 e. The summed E-state index contributed by atoms with van der Waals surface area (Å²) in [6.45, 7) is 12.4. The van der Waals surface area contributed by atoms with Crippen molar-refractivity contribution < 1.29 is 0 Å². The van der Waals surface area contributed by atoms with Crippen molar-refractivity contribution >= 4 is 11.3 Å². The van der Waals surface area contributed by atoms with Crippen molar-refractivity contribution in [2.24, 2.45) is 5.41 Å². The lowest BCUT2D eigenvalue weighted by Crippen LogP contribution is -2.41. The first-order chi connectivity index (χ1) is 6.79. The van der Waals surface area contributed by atoms with E-state index in [1.807, 2.05) is 0 Å². The number of rotatable bonds is 4. The van der Waals surface area contributed by atoms with Crippen LogP contribution in [-0.4, -0.2) is 5.54 Å². The fourth-order valence-corrected chi connectivity index (χ4v) is 2.79. The van der Waals surface area contributed by atoms with Crippen LogP contribution in [0.15, 0.2) is 16.8 Å². The molecular formula is C13H23NS. The quantitative estimate of drug-likeness (QED) is 0.815. The minimum Gasteiger partial charge on any atom is -0.308 e. The third-order valence-electron chi connectivity index (χ3n) is 2.32. The molecule has 0 radical (unpaired) electrons. The van der Waals surface area contributed by atoms with Gasteiger partial charge < -0.3 is 5.32 Å². The summed E-state index contributed by atoms with van der Waals surface area (Å²) < 4.78 is 0. The second kappa shape index (κ2) is 4.67. The Morgan fingerprint density at radius 2 is 1.87 bits per heavy atom. The van der Waals surface area contributed by atoms with Crippen LogP contribution in [0, 0.1) is 5.41 Å². The molecule has 1 N–H and O–H groups in total. The zero-order valence-corrected chi connectivity index (χ0v) is 11.4. The molecule has 0 aliphatic heterocycles. The second-order valence-corrected chi connectivity index (χ2v) is 6.89. The van der Waals surface area contributed by atoms with Crippen LogP contribution in [0.1, 0.15) is 46.6 Å². The largest absolute Gasteiger partial charge is 0.308 e. The van der Waals surface area contributed by atoms with Gasteiger partial charge in [0, 0.05) is 12.1 Å². The van der Waals surface area contributed by atoms with Crippen molar-refractivity contribution in [3.8, 4) is 0 Å². The summed E-state index contributed by atoms with van der Waals surface area (Å²) >= 11 is 1.76. The lowest BCUT2D eigenvalue weighted by Gasteiger charge is -2.33. The van der Waals surface area contributed by atoms with Crippen LogP contribution in [0.4, 0.5) is 0 Å². The average molecular weight is 225 g/mol. The zero-order chi connectivity index (χ0) is 11.5. The lowest BCUT2D eigenvalue weighted by molar-refractivity contribution is 0.241. The van der Waals surface area contributed by atoms with Crippen LogP contribution in [-0.2, 0) is 6.54 Å². The Hall–Kier alpha value is -0.340. The average Bonchev–Trinajstić information content (AvgIpc) is 2.47. The summed E-state index contributed by atoms with van der Waals surface area (Å²) in [4.78, 5) is 0. The summed E-state index contributed by atoms with van der Waals surface area (Å²) in [5.41, 5.74) is 1.98. The molecule has 0 aliphatic carbocycles. The molecule has 2 heteroatoms. The maximum absolute atomic E-state index is 3.62. The van der Waals surface area contributed by atoms with E-state index in [1.54, 1.807) is 11.3 Å². The highest BCUT2D eigenvalue weighted by atomic mass is 32.1. The van der Waals surface area contributed by atoms with Gasteiger partial charge in [-0.1, -0.05) is 20.8 Å². The molecule has 0 unspecified atom stereocenters. The Labute approximate surface area is 97.9 Å². The summed E-state index contributed by atoms with van der Waals surface area (Å²) in [7, 11) is 0. The number of hydrogen-bond acceptors (Lipinski definition) is 2. The Balaban J connectivity index is 2.43. The number of hydrogen-bond donors (Lipinski definition) is 1.